The fourth-order valence-corrected chi connectivity index (χ4v) is 12.0. The van der Waals surface area contributed by atoms with Crippen LogP contribution in [-0.2, 0) is 27.1 Å². The lowest BCUT2D eigenvalue weighted by Gasteiger charge is -2.29. The lowest BCUT2D eigenvalue weighted by molar-refractivity contribution is 0.584. The zero-order chi connectivity index (χ0) is 52.3. The van der Waals surface area contributed by atoms with Crippen LogP contribution in [0.1, 0.15) is 135 Å². The zero-order valence-corrected chi connectivity index (χ0v) is 46.3. The van der Waals surface area contributed by atoms with E-state index < -0.39 is 0 Å². The van der Waals surface area contributed by atoms with Crippen molar-refractivity contribution in [2.45, 2.75) is 124 Å². The quantitative estimate of drug-likeness (QED) is 0.154. The Morgan fingerprint density at radius 3 is 0.973 bits per heavy atom. The summed E-state index contributed by atoms with van der Waals surface area (Å²) in [6.45, 7) is 32.8. The minimum absolute atomic E-state index is 0.0652. The van der Waals surface area contributed by atoms with Crippen LogP contribution in [0.2, 0.25) is 0 Å². The molecule has 0 bridgehead atoms. The van der Waals surface area contributed by atoms with Crippen LogP contribution in [0, 0.1) is 6.92 Å². The highest BCUT2D eigenvalue weighted by Crippen LogP contribution is 2.54. The summed E-state index contributed by atoms with van der Waals surface area (Å²) in [6.07, 6.45) is 0. The highest BCUT2D eigenvalue weighted by Gasteiger charge is 2.38. The highest BCUT2D eigenvalue weighted by atomic mass is 15.1. The van der Waals surface area contributed by atoms with Gasteiger partial charge in [0.25, 0.3) is 0 Å². The van der Waals surface area contributed by atoms with E-state index in [0.717, 1.165) is 17.1 Å². The highest BCUT2D eigenvalue weighted by molar-refractivity contribution is 5.92. The molecule has 0 aromatic heterocycles. The molecule has 2 aliphatic carbocycles. The van der Waals surface area contributed by atoms with Crippen LogP contribution in [0.5, 0.6) is 0 Å². The van der Waals surface area contributed by atoms with Gasteiger partial charge in [0.2, 0.25) is 0 Å². The van der Waals surface area contributed by atoms with E-state index in [1.165, 1.54) is 111 Å². The molecule has 1 nitrogen and oxygen atoms in total. The molecule has 0 unspecified atom stereocenters. The molecule has 0 N–H and O–H groups in total. The molecular formula is C73H73N. The van der Waals surface area contributed by atoms with Crippen molar-refractivity contribution in [1.29, 1.82) is 0 Å². The Morgan fingerprint density at radius 1 is 0.284 bits per heavy atom. The summed E-state index contributed by atoms with van der Waals surface area (Å²) in [7, 11) is 0. The van der Waals surface area contributed by atoms with Crippen molar-refractivity contribution >= 4 is 17.1 Å². The van der Waals surface area contributed by atoms with Crippen molar-refractivity contribution in [2.75, 3.05) is 4.90 Å². The molecule has 2 aliphatic rings. The van der Waals surface area contributed by atoms with E-state index in [4.69, 9.17) is 0 Å². The van der Waals surface area contributed by atoms with Crippen molar-refractivity contribution in [3.05, 3.63) is 233 Å². The Bertz CT molecular complexity index is 3470. The monoisotopic (exact) mass is 964 g/mol. The van der Waals surface area contributed by atoms with Gasteiger partial charge >= 0.3 is 0 Å². The van der Waals surface area contributed by atoms with Crippen molar-refractivity contribution in [2.24, 2.45) is 0 Å². The van der Waals surface area contributed by atoms with E-state index in [0.29, 0.717) is 0 Å². The number of fused-ring (bicyclic) bond motifs is 6. The van der Waals surface area contributed by atoms with Gasteiger partial charge in [-0.1, -0.05) is 230 Å². The molecule has 9 aromatic carbocycles. The summed E-state index contributed by atoms with van der Waals surface area (Å²) in [5.74, 6) is 0. The smallest absolute Gasteiger partial charge is 0.0474 e. The van der Waals surface area contributed by atoms with Gasteiger partial charge in [-0.15, -0.1) is 0 Å². The van der Waals surface area contributed by atoms with Crippen molar-refractivity contribution in [1.82, 2.24) is 0 Å². The second-order valence-electron chi connectivity index (χ2n) is 25.6. The van der Waals surface area contributed by atoms with Crippen LogP contribution in [0.4, 0.5) is 17.1 Å². The molecule has 74 heavy (non-hydrogen) atoms. The minimum Gasteiger partial charge on any atom is -0.310 e. The van der Waals surface area contributed by atoms with E-state index in [2.05, 4.69) is 290 Å². The SMILES string of the molecule is Cc1c(-c2ccc3c(c2)C(C)(C)c2cc(C(C)(C)C)ccc2-3)cc(N(c2ccc(-c3ccccc3)cc2)c2ccc(-c3ccc(C(C)(C)C)cc3)cc2)cc1-c1ccc2c(c1)C(C)(C)c1cc(C(C)(C)C)ccc1-2. The van der Waals surface area contributed by atoms with Crippen molar-refractivity contribution < 1.29 is 0 Å². The second-order valence-corrected chi connectivity index (χ2v) is 25.6. The van der Waals surface area contributed by atoms with Crippen LogP contribution >= 0.6 is 0 Å². The van der Waals surface area contributed by atoms with Gasteiger partial charge in [-0.3, -0.25) is 0 Å². The van der Waals surface area contributed by atoms with Crippen molar-refractivity contribution in [3.8, 4) is 66.8 Å². The summed E-state index contributed by atoms with van der Waals surface area (Å²) in [6, 6.07) is 72.0. The van der Waals surface area contributed by atoms with Crippen LogP contribution in [-0.4, -0.2) is 0 Å². The molecule has 9 aromatic rings. The molecule has 0 spiro atoms. The number of hydrogen-bond donors (Lipinski definition) is 0. The molecule has 0 heterocycles. The standard InChI is InChI=1S/C73H73N/c1-46-63(51-26-36-59-61-38-30-54(70(5,6)7)42-67(61)72(11,12)65(59)40-51)44-58(45-64(46)52-27-37-60-62-39-31-55(71(8,9)10)43-68(62)73(13,14)66(60)41-52)74(56-32-22-49(23-33-56)47-18-16-15-17-19-47)57-34-24-50(25-35-57)48-20-28-53(29-21-48)69(2,3)4/h15-45H,1-14H3. The fourth-order valence-electron chi connectivity index (χ4n) is 12.0. The van der Waals surface area contributed by atoms with Gasteiger partial charge in [-0.2, -0.15) is 0 Å². The van der Waals surface area contributed by atoms with Crippen molar-refractivity contribution in [3.63, 3.8) is 0 Å². The largest absolute Gasteiger partial charge is 0.310 e. The Balaban J connectivity index is 1.10. The predicted molar refractivity (Wildman–Crippen MR) is 319 cm³/mol. The summed E-state index contributed by atoms with van der Waals surface area (Å²) in [5, 5.41) is 0. The van der Waals surface area contributed by atoms with Gasteiger partial charge in [-0.05, 0) is 183 Å². The number of benzene rings is 9. The molecule has 0 atom stereocenters. The van der Waals surface area contributed by atoms with E-state index in [9.17, 15) is 0 Å². The molecule has 0 radical (unpaired) electrons. The number of hydrogen-bond acceptors (Lipinski definition) is 1. The van der Waals surface area contributed by atoms with Gasteiger partial charge < -0.3 is 4.90 Å². The van der Waals surface area contributed by atoms with Gasteiger partial charge in [0.05, 0.1) is 0 Å². The number of rotatable bonds is 7. The average molecular weight is 964 g/mol. The Labute approximate surface area is 443 Å². The second kappa shape index (κ2) is 17.4. The van der Waals surface area contributed by atoms with Crippen LogP contribution in [0.3, 0.4) is 0 Å². The Kier molecular flexibility index (Phi) is 11.6. The average Bonchev–Trinajstić information content (AvgIpc) is 3.75. The number of anilines is 3. The first-order chi connectivity index (χ1) is 35.0. The number of nitrogens with zero attached hydrogens (tertiary/aromatic N) is 1. The summed E-state index contributed by atoms with van der Waals surface area (Å²) in [5.41, 5.74) is 29.3. The molecular weight excluding hydrogens is 891 g/mol. The summed E-state index contributed by atoms with van der Waals surface area (Å²) < 4.78 is 0. The minimum atomic E-state index is -0.162. The lowest BCUT2D eigenvalue weighted by atomic mass is 9.78. The predicted octanol–water partition coefficient (Wildman–Crippen LogP) is 20.6. The van der Waals surface area contributed by atoms with Gasteiger partial charge in [0.1, 0.15) is 0 Å². The maximum absolute atomic E-state index is 2.51. The normalized spacial score (nSPS) is 14.3. The molecule has 0 saturated carbocycles. The summed E-state index contributed by atoms with van der Waals surface area (Å²) in [4.78, 5) is 2.47. The maximum atomic E-state index is 2.51. The van der Waals surface area contributed by atoms with E-state index in [-0.39, 0.29) is 27.1 Å². The molecule has 0 fully saturated rings. The molecule has 11 rings (SSSR count). The van der Waals surface area contributed by atoms with E-state index in [1.54, 1.807) is 0 Å². The maximum Gasteiger partial charge on any atom is 0.0474 e. The third kappa shape index (κ3) is 8.43. The molecule has 0 saturated heterocycles. The first-order valence-electron chi connectivity index (χ1n) is 26.9. The fraction of sp³-hybridized carbons (Fsp3) is 0.260. The third-order valence-electron chi connectivity index (χ3n) is 16.8. The Morgan fingerprint density at radius 2 is 0.595 bits per heavy atom. The van der Waals surface area contributed by atoms with E-state index >= 15 is 0 Å². The molecule has 1 heteroatoms. The van der Waals surface area contributed by atoms with Gasteiger partial charge in [-0.25, -0.2) is 0 Å². The van der Waals surface area contributed by atoms with Gasteiger partial charge in [0, 0.05) is 27.9 Å². The first kappa shape index (κ1) is 49.0. The zero-order valence-electron chi connectivity index (χ0n) is 46.3. The molecule has 370 valence electrons. The summed E-state index contributed by atoms with van der Waals surface area (Å²) >= 11 is 0. The topological polar surface area (TPSA) is 3.24 Å². The lowest BCUT2D eigenvalue weighted by Crippen LogP contribution is -2.17. The Hall–Kier alpha value is -7.22. The third-order valence-corrected chi connectivity index (χ3v) is 16.8. The van der Waals surface area contributed by atoms with Crippen LogP contribution in [0.15, 0.2) is 188 Å². The van der Waals surface area contributed by atoms with Crippen LogP contribution < -0.4 is 4.90 Å². The first-order valence-corrected chi connectivity index (χ1v) is 26.9. The molecule has 0 amide bonds. The molecule has 0 aliphatic heterocycles. The van der Waals surface area contributed by atoms with Gasteiger partial charge in [0.15, 0.2) is 0 Å². The van der Waals surface area contributed by atoms with E-state index in [1.807, 2.05) is 0 Å². The van der Waals surface area contributed by atoms with Crippen LogP contribution in [0.25, 0.3) is 66.8 Å².